The molecule has 0 saturated carbocycles. The lowest BCUT2D eigenvalue weighted by atomic mass is 10.1. The van der Waals surface area contributed by atoms with E-state index in [4.69, 9.17) is 5.73 Å². The van der Waals surface area contributed by atoms with Crippen molar-refractivity contribution < 1.29 is 0 Å². The average molecular weight is 240 g/mol. The number of benzene rings is 2. The van der Waals surface area contributed by atoms with Gasteiger partial charge in [-0.15, -0.1) is 0 Å². The topological polar surface area (TPSA) is 38.0 Å². The second kappa shape index (κ2) is 5.58. The molecule has 0 aliphatic carbocycles. The van der Waals surface area contributed by atoms with Gasteiger partial charge in [-0.1, -0.05) is 37.3 Å². The number of nitrogen functional groups attached to an aromatic ring is 1. The molecule has 0 amide bonds. The van der Waals surface area contributed by atoms with Crippen molar-refractivity contribution in [3.63, 3.8) is 0 Å². The van der Waals surface area contributed by atoms with Gasteiger partial charge in [0.05, 0.1) is 11.4 Å². The van der Waals surface area contributed by atoms with E-state index >= 15 is 0 Å². The molecule has 0 aromatic heterocycles. The summed E-state index contributed by atoms with van der Waals surface area (Å²) in [7, 11) is 0. The van der Waals surface area contributed by atoms with Gasteiger partial charge in [-0.3, -0.25) is 0 Å². The molecule has 0 atom stereocenters. The minimum atomic E-state index is 0.809. The van der Waals surface area contributed by atoms with Crippen molar-refractivity contribution in [3.05, 3.63) is 59.2 Å². The Morgan fingerprint density at radius 2 is 1.78 bits per heavy atom. The monoisotopic (exact) mass is 240 g/mol. The zero-order valence-corrected chi connectivity index (χ0v) is 11.0. The van der Waals surface area contributed by atoms with Crippen molar-refractivity contribution in [1.82, 2.24) is 0 Å². The second-order valence-corrected chi connectivity index (χ2v) is 4.57. The number of hydrogen-bond acceptors (Lipinski definition) is 2. The van der Waals surface area contributed by atoms with E-state index in [2.05, 4.69) is 42.6 Å². The van der Waals surface area contributed by atoms with Crippen LogP contribution in [0.3, 0.4) is 0 Å². The van der Waals surface area contributed by atoms with Gasteiger partial charge in [0.15, 0.2) is 0 Å². The van der Waals surface area contributed by atoms with Gasteiger partial charge in [0.1, 0.15) is 0 Å². The Labute approximate surface area is 109 Å². The van der Waals surface area contributed by atoms with E-state index in [0.29, 0.717) is 0 Å². The first-order valence-corrected chi connectivity index (χ1v) is 6.37. The zero-order valence-electron chi connectivity index (χ0n) is 11.0. The summed E-state index contributed by atoms with van der Waals surface area (Å²) < 4.78 is 0. The first kappa shape index (κ1) is 12.5. The third-order valence-electron chi connectivity index (χ3n) is 3.18. The van der Waals surface area contributed by atoms with Crippen molar-refractivity contribution in [2.45, 2.75) is 26.8 Å². The van der Waals surface area contributed by atoms with E-state index in [1.165, 1.54) is 16.7 Å². The van der Waals surface area contributed by atoms with Crippen LogP contribution in [-0.2, 0) is 13.0 Å². The Morgan fingerprint density at radius 3 is 2.44 bits per heavy atom. The molecule has 2 aromatic rings. The molecule has 94 valence electrons. The fourth-order valence-electron chi connectivity index (χ4n) is 2.11. The summed E-state index contributed by atoms with van der Waals surface area (Å²) in [5.41, 5.74) is 11.7. The molecule has 0 fully saturated rings. The van der Waals surface area contributed by atoms with E-state index in [-0.39, 0.29) is 0 Å². The van der Waals surface area contributed by atoms with Crippen LogP contribution in [0.1, 0.15) is 23.6 Å². The summed E-state index contributed by atoms with van der Waals surface area (Å²) in [6.07, 6.45) is 1.06. The lowest BCUT2D eigenvalue weighted by molar-refractivity contribution is 1.04. The van der Waals surface area contributed by atoms with Gasteiger partial charge in [-0.2, -0.15) is 0 Å². The molecule has 0 aliphatic heterocycles. The Kier molecular flexibility index (Phi) is 3.88. The molecule has 2 nitrogen and oxygen atoms in total. The first-order chi connectivity index (χ1) is 8.70. The summed E-state index contributed by atoms with van der Waals surface area (Å²) in [6.45, 7) is 5.04. The molecular weight excluding hydrogens is 220 g/mol. The quantitative estimate of drug-likeness (QED) is 0.799. The molecule has 0 bridgehead atoms. The van der Waals surface area contributed by atoms with Crippen LogP contribution in [0.5, 0.6) is 0 Å². The van der Waals surface area contributed by atoms with Crippen molar-refractivity contribution in [3.8, 4) is 0 Å². The number of nitrogens with one attached hydrogen (secondary N) is 1. The molecule has 0 unspecified atom stereocenters. The predicted octanol–water partition coefficient (Wildman–Crippen LogP) is 3.75. The van der Waals surface area contributed by atoms with E-state index in [1.54, 1.807) is 0 Å². The molecule has 0 spiro atoms. The summed E-state index contributed by atoms with van der Waals surface area (Å²) in [5.74, 6) is 0. The van der Waals surface area contributed by atoms with Crippen LogP contribution >= 0.6 is 0 Å². The van der Waals surface area contributed by atoms with E-state index in [1.807, 2.05) is 19.1 Å². The Hall–Kier alpha value is -1.96. The van der Waals surface area contributed by atoms with Gasteiger partial charge in [0.2, 0.25) is 0 Å². The molecule has 0 radical (unpaired) electrons. The Bertz CT molecular complexity index is 532. The van der Waals surface area contributed by atoms with Gasteiger partial charge >= 0.3 is 0 Å². The molecule has 0 saturated heterocycles. The lowest BCUT2D eigenvalue weighted by Crippen LogP contribution is -2.04. The average Bonchev–Trinajstić information content (AvgIpc) is 2.38. The van der Waals surface area contributed by atoms with Gasteiger partial charge in [-0.25, -0.2) is 0 Å². The van der Waals surface area contributed by atoms with Crippen LogP contribution in [0.25, 0.3) is 0 Å². The van der Waals surface area contributed by atoms with E-state index in [0.717, 1.165) is 24.3 Å². The highest BCUT2D eigenvalue weighted by Gasteiger charge is 2.02. The van der Waals surface area contributed by atoms with Crippen LogP contribution in [0.15, 0.2) is 42.5 Å². The maximum atomic E-state index is 5.99. The minimum Gasteiger partial charge on any atom is -0.397 e. The largest absolute Gasteiger partial charge is 0.397 e. The maximum Gasteiger partial charge on any atom is 0.0576 e. The van der Waals surface area contributed by atoms with Gasteiger partial charge in [0, 0.05) is 6.54 Å². The van der Waals surface area contributed by atoms with Crippen molar-refractivity contribution in [1.29, 1.82) is 0 Å². The molecule has 2 heteroatoms. The highest BCUT2D eigenvalue weighted by Crippen LogP contribution is 2.21. The SMILES string of the molecule is CCc1ccccc1CNc1ccc(C)cc1N. The summed E-state index contributed by atoms with van der Waals surface area (Å²) in [4.78, 5) is 0. The molecule has 0 aliphatic rings. The minimum absolute atomic E-state index is 0.809. The summed E-state index contributed by atoms with van der Waals surface area (Å²) in [5, 5.41) is 3.41. The summed E-state index contributed by atoms with van der Waals surface area (Å²) in [6, 6.07) is 14.6. The Morgan fingerprint density at radius 1 is 1.06 bits per heavy atom. The van der Waals surface area contributed by atoms with Gasteiger partial charge in [0.25, 0.3) is 0 Å². The maximum absolute atomic E-state index is 5.99. The number of nitrogens with two attached hydrogens (primary N) is 1. The van der Waals surface area contributed by atoms with Crippen molar-refractivity contribution >= 4 is 11.4 Å². The van der Waals surface area contributed by atoms with E-state index < -0.39 is 0 Å². The smallest absolute Gasteiger partial charge is 0.0576 e. The van der Waals surface area contributed by atoms with Crippen LogP contribution in [0, 0.1) is 6.92 Å². The molecule has 2 aromatic carbocycles. The molecule has 18 heavy (non-hydrogen) atoms. The highest BCUT2D eigenvalue weighted by atomic mass is 14.9. The fraction of sp³-hybridized carbons (Fsp3) is 0.250. The molecular formula is C16H20N2. The van der Waals surface area contributed by atoms with Crippen LogP contribution < -0.4 is 11.1 Å². The first-order valence-electron chi connectivity index (χ1n) is 6.37. The van der Waals surface area contributed by atoms with Gasteiger partial charge < -0.3 is 11.1 Å². The third-order valence-corrected chi connectivity index (χ3v) is 3.18. The summed E-state index contributed by atoms with van der Waals surface area (Å²) >= 11 is 0. The predicted molar refractivity (Wildman–Crippen MR) is 78.7 cm³/mol. The molecule has 0 heterocycles. The molecule has 3 N–H and O–H groups in total. The van der Waals surface area contributed by atoms with Crippen LogP contribution in [0.4, 0.5) is 11.4 Å². The Balaban J connectivity index is 2.11. The molecule has 2 rings (SSSR count). The van der Waals surface area contributed by atoms with Crippen molar-refractivity contribution in [2.75, 3.05) is 11.1 Å². The highest BCUT2D eigenvalue weighted by molar-refractivity contribution is 5.67. The van der Waals surface area contributed by atoms with Crippen LogP contribution in [0.2, 0.25) is 0 Å². The zero-order chi connectivity index (χ0) is 13.0. The number of rotatable bonds is 4. The third kappa shape index (κ3) is 2.83. The normalized spacial score (nSPS) is 10.3. The second-order valence-electron chi connectivity index (χ2n) is 4.57. The van der Waals surface area contributed by atoms with Gasteiger partial charge in [-0.05, 0) is 42.2 Å². The standard InChI is InChI=1S/C16H20N2/c1-3-13-6-4-5-7-14(13)11-18-16-9-8-12(2)10-15(16)17/h4-10,18H,3,11,17H2,1-2H3. The van der Waals surface area contributed by atoms with Crippen LogP contribution in [-0.4, -0.2) is 0 Å². The number of hydrogen-bond donors (Lipinski definition) is 2. The number of aryl methyl sites for hydroxylation is 2. The van der Waals surface area contributed by atoms with E-state index in [9.17, 15) is 0 Å². The fourth-order valence-corrected chi connectivity index (χ4v) is 2.11. The van der Waals surface area contributed by atoms with Crippen molar-refractivity contribution in [2.24, 2.45) is 0 Å². The number of anilines is 2. The lowest BCUT2D eigenvalue weighted by Gasteiger charge is -2.12.